The largest absolute Gasteiger partial charge is 0.488 e. The van der Waals surface area contributed by atoms with Crippen LogP contribution in [0.1, 0.15) is 11.1 Å². The van der Waals surface area contributed by atoms with Crippen LogP contribution in [0.4, 0.5) is 0 Å². The summed E-state index contributed by atoms with van der Waals surface area (Å²) < 4.78 is 11.1. The first-order valence-corrected chi connectivity index (χ1v) is 8.11. The number of rotatable bonds is 3. The maximum atomic E-state index is 9.49. The van der Waals surface area contributed by atoms with Gasteiger partial charge in [-0.2, -0.15) is 5.26 Å². The van der Waals surface area contributed by atoms with Crippen LogP contribution in [0.3, 0.4) is 0 Å². The Balaban J connectivity index is 1.85. The zero-order valence-electron chi connectivity index (χ0n) is 13.8. The van der Waals surface area contributed by atoms with Gasteiger partial charge in [0, 0.05) is 30.3 Å². The van der Waals surface area contributed by atoms with Crippen LogP contribution in [0, 0.1) is 11.3 Å². The van der Waals surface area contributed by atoms with E-state index in [1.807, 2.05) is 24.3 Å². The second-order valence-corrected chi connectivity index (χ2v) is 6.01. The second kappa shape index (κ2) is 6.08. The van der Waals surface area contributed by atoms with Crippen molar-refractivity contribution in [2.75, 3.05) is 13.7 Å². The number of hydrogen-bond acceptors (Lipinski definition) is 5. The zero-order valence-corrected chi connectivity index (χ0v) is 13.8. The summed E-state index contributed by atoms with van der Waals surface area (Å²) in [5.41, 5.74) is 9.16. The first-order chi connectivity index (χ1) is 12.2. The molecule has 25 heavy (non-hydrogen) atoms. The topological polar surface area (TPSA) is 81.2 Å². The monoisotopic (exact) mass is 331 g/mol. The lowest BCUT2D eigenvalue weighted by atomic mass is 9.95. The number of hydrogen-bond donors (Lipinski definition) is 1. The molecule has 0 bridgehead atoms. The fraction of sp³-hybridized carbons (Fsp3) is 0.200. The lowest BCUT2D eigenvalue weighted by molar-refractivity contribution is 0.241. The van der Waals surface area contributed by atoms with Gasteiger partial charge in [-0.1, -0.05) is 18.2 Å². The lowest BCUT2D eigenvalue weighted by Crippen LogP contribution is -2.24. The van der Waals surface area contributed by atoms with Gasteiger partial charge in [0.05, 0.1) is 7.11 Å². The van der Waals surface area contributed by atoms with Crippen molar-refractivity contribution in [3.8, 4) is 28.8 Å². The van der Waals surface area contributed by atoms with E-state index in [-0.39, 0.29) is 6.10 Å². The molecular weight excluding hydrogens is 314 g/mol. The van der Waals surface area contributed by atoms with Gasteiger partial charge >= 0.3 is 0 Å². The number of aromatic nitrogens is 1. The van der Waals surface area contributed by atoms with Crippen LogP contribution < -0.4 is 15.2 Å². The Morgan fingerprint density at radius 3 is 2.96 bits per heavy atom. The van der Waals surface area contributed by atoms with Crippen LogP contribution in [-0.4, -0.2) is 24.7 Å². The molecule has 1 aromatic heterocycles. The third-order valence-electron chi connectivity index (χ3n) is 4.61. The molecular formula is C20H17N3O2. The summed E-state index contributed by atoms with van der Waals surface area (Å²) in [6, 6.07) is 14.3. The van der Waals surface area contributed by atoms with Crippen LogP contribution in [0.25, 0.3) is 21.9 Å². The van der Waals surface area contributed by atoms with Crippen molar-refractivity contribution < 1.29 is 9.47 Å². The van der Waals surface area contributed by atoms with Crippen molar-refractivity contribution >= 4 is 10.8 Å². The highest BCUT2D eigenvalue weighted by molar-refractivity contribution is 5.92. The van der Waals surface area contributed by atoms with Crippen LogP contribution in [0.5, 0.6) is 11.6 Å². The zero-order chi connectivity index (χ0) is 17.4. The van der Waals surface area contributed by atoms with Crippen LogP contribution >= 0.6 is 0 Å². The number of ether oxygens (including phenoxy) is 2. The van der Waals surface area contributed by atoms with Crippen molar-refractivity contribution in [2.45, 2.75) is 12.5 Å². The van der Waals surface area contributed by atoms with E-state index in [9.17, 15) is 5.26 Å². The maximum absolute atomic E-state index is 9.49. The van der Waals surface area contributed by atoms with Gasteiger partial charge in [-0.25, -0.2) is 4.98 Å². The van der Waals surface area contributed by atoms with Gasteiger partial charge in [0.2, 0.25) is 5.88 Å². The first kappa shape index (κ1) is 15.4. The van der Waals surface area contributed by atoms with Gasteiger partial charge in [0.25, 0.3) is 0 Å². The molecule has 0 unspecified atom stereocenters. The second-order valence-electron chi connectivity index (χ2n) is 6.01. The molecule has 0 fully saturated rings. The summed E-state index contributed by atoms with van der Waals surface area (Å²) in [5, 5.41) is 11.8. The fourth-order valence-corrected chi connectivity index (χ4v) is 3.39. The Hall–Kier alpha value is -3.10. The van der Waals surface area contributed by atoms with Gasteiger partial charge in [-0.15, -0.1) is 0 Å². The van der Waals surface area contributed by atoms with Crippen LogP contribution in [0.15, 0.2) is 42.6 Å². The summed E-state index contributed by atoms with van der Waals surface area (Å²) in [4.78, 5) is 4.11. The van der Waals surface area contributed by atoms with E-state index in [0.29, 0.717) is 18.0 Å². The molecule has 1 aliphatic rings. The number of fused-ring (bicyclic) bond motifs is 3. The molecule has 3 aromatic rings. The van der Waals surface area contributed by atoms with E-state index in [1.54, 1.807) is 6.20 Å². The van der Waals surface area contributed by atoms with Crippen LogP contribution in [0.2, 0.25) is 0 Å². The van der Waals surface area contributed by atoms with E-state index in [4.69, 9.17) is 15.2 Å². The molecule has 1 aliphatic heterocycles. The summed E-state index contributed by atoms with van der Waals surface area (Å²) in [5.74, 6) is 1.26. The molecule has 0 radical (unpaired) electrons. The molecule has 0 amide bonds. The average molecular weight is 331 g/mol. The maximum Gasteiger partial charge on any atom is 0.232 e. The van der Waals surface area contributed by atoms with Gasteiger partial charge in [0.1, 0.15) is 23.5 Å². The summed E-state index contributed by atoms with van der Waals surface area (Å²) in [7, 11) is 1.52. The highest BCUT2D eigenvalue weighted by Crippen LogP contribution is 2.37. The smallest absolute Gasteiger partial charge is 0.232 e. The molecule has 0 saturated heterocycles. The van der Waals surface area contributed by atoms with Gasteiger partial charge in [-0.05, 0) is 34.5 Å². The van der Waals surface area contributed by atoms with E-state index in [2.05, 4.69) is 23.2 Å². The van der Waals surface area contributed by atoms with Crippen molar-refractivity contribution in [3.05, 3.63) is 53.7 Å². The highest BCUT2D eigenvalue weighted by Gasteiger charge is 2.23. The van der Waals surface area contributed by atoms with Crippen molar-refractivity contribution in [3.63, 3.8) is 0 Å². The quantitative estimate of drug-likeness (QED) is 0.798. The van der Waals surface area contributed by atoms with E-state index in [0.717, 1.165) is 34.1 Å². The SMILES string of the molecule is COc1nccc(-c2ccc3c4c(ccc3c2)O[C@H](CN)C4)c1C#N. The number of benzene rings is 2. The number of nitrogens with two attached hydrogens (primary N) is 1. The van der Waals surface area contributed by atoms with Crippen molar-refractivity contribution in [1.29, 1.82) is 5.26 Å². The molecule has 4 rings (SSSR count). The summed E-state index contributed by atoms with van der Waals surface area (Å²) in [6.07, 6.45) is 2.53. The minimum absolute atomic E-state index is 0.0509. The molecule has 0 spiro atoms. The summed E-state index contributed by atoms with van der Waals surface area (Å²) in [6.45, 7) is 0.511. The molecule has 0 aliphatic carbocycles. The molecule has 1 atom stereocenters. The first-order valence-electron chi connectivity index (χ1n) is 8.11. The number of methoxy groups -OCH3 is 1. The Kier molecular flexibility index (Phi) is 3.75. The number of pyridine rings is 1. The van der Waals surface area contributed by atoms with Gasteiger partial charge in [-0.3, -0.25) is 0 Å². The van der Waals surface area contributed by atoms with E-state index < -0.39 is 0 Å². The third-order valence-corrected chi connectivity index (χ3v) is 4.61. The predicted molar refractivity (Wildman–Crippen MR) is 95.6 cm³/mol. The van der Waals surface area contributed by atoms with Crippen molar-refractivity contribution in [1.82, 2.24) is 4.98 Å². The third kappa shape index (κ3) is 2.48. The lowest BCUT2D eigenvalue weighted by Gasteiger charge is -2.10. The number of nitrogens with zero attached hydrogens (tertiary/aromatic N) is 2. The molecule has 0 saturated carbocycles. The Morgan fingerprint density at radius 1 is 1.32 bits per heavy atom. The molecule has 5 heteroatoms. The molecule has 2 N–H and O–H groups in total. The minimum Gasteiger partial charge on any atom is -0.488 e. The van der Waals surface area contributed by atoms with E-state index >= 15 is 0 Å². The molecule has 5 nitrogen and oxygen atoms in total. The predicted octanol–water partition coefficient (Wildman–Crippen LogP) is 3.04. The van der Waals surface area contributed by atoms with Gasteiger partial charge in [0.15, 0.2) is 0 Å². The molecule has 2 aromatic carbocycles. The average Bonchev–Trinajstić information content (AvgIpc) is 3.10. The summed E-state index contributed by atoms with van der Waals surface area (Å²) >= 11 is 0. The Morgan fingerprint density at radius 2 is 2.20 bits per heavy atom. The van der Waals surface area contributed by atoms with Crippen LogP contribution in [-0.2, 0) is 6.42 Å². The minimum atomic E-state index is 0.0509. The van der Waals surface area contributed by atoms with E-state index in [1.165, 1.54) is 12.7 Å². The number of nitriles is 1. The van der Waals surface area contributed by atoms with Crippen molar-refractivity contribution in [2.24, 2.45) is 5.73 Å². The Bertz CT molecular complexity index is 1010. The normalized spacial score (nSPS) is 15.5. The van der Waals surface area contributed by atoms with Gasteiger partial charge < -0.3 is 15.2 Å². The Labute approximate surface area is 145 Å². The standard InChI is InChI=1S/C20H17N3O2/c1-24-20-18(11-22)16(6-7-23-20)12-2-4-15-13(8-12)3-5-19-17(15)9-14(10-21)25-19/h2-8,14H,9-10,21H2,1H3/t14-/m0/s1. The molecule has 124 valence electrons. The highest BCUT2D eigenvalue weighted by atomic mass is 16.5. The molecule has 2 heterocycles. The fourth-order valence-electron chi connectivity index (χ4n) is 3.39.